The molecule has 0 saturated heterocycles. The van der Waals surface area contributed by atoms with Crippen LogP contribution in [0, 0.1) is 5.92 Å². The highest BCUT2D eigenvalue weighted by Crippen LogP contribution is 2.35. The number of hydrogen-bond donors (Lipinski definition) is 2. The zero-order valence-electron chi connectivity index (χ0n) is 12.2. The lowest BCUT2D eigenvalue weighted by atomic mass is 9.83. The molecule has 1 aromatic rings. The molecule has 2 aliphatic rings. The van der Waals surface area contributed by atoms with Crippen molar-refractivity contribution in [2.24, 2.45) is 11.8 Å². The minimum atomic E-state index is 0.291. The van der Waals surface area contributed by atoms with Gasteiger partial charge in [-0.15, -0.1) is 0 Å². The lowest BCUT2D eigenvalue weighted by Crippen LogP contribution is -2.34. The maximum Gasteiger partial charge on any atom is 0.122 e. The molecule has 1 saturated carbocycles. The minimum Gasteiger partial charge on any atom is -0.493 e. The Morgan fingerprint density at radius 3 is 2.60 bits per heavy atom. The minimum absolute atomic E-state index is 0.291. The molecular weight excluding hydrogens is 248 g/mol. The van der Waals surface area contributed by atoms with Crippen LogP contribution in [0.15, 0.2) is 18.2 Å². The number of hydrogen-bond acceptors (Lipinski definition) is 3. The van der Waals surface area contributed by atoms with Crippen LogP contribution in [0.3, 0.4) is 0 Å². The van der Waals surface area contributed by atoms with Crippen molar-refractivity contribution in [2.75, 3.05) is 6.61 Å². The Bertz CT molecular complexity index is 439. The smallest absolute Gasteiger partial charge is 0.122 e. The highest BCUT2D eigenvalue weighted by molar-refractivity contribution is 5.40. The molecule has 1 atom stereocenters. The molecule has 1 aliphatic carbocycles. The molecule has 0 bridgehead atoms. The number of nitrogens with two attached hydrogens (primary N) is 1. The maximum absolute atomic E-state index is 5.89. The van der Waals surface area contributed by atoms with Crippen molar-refractivity contribution >= 4 is 0 Å². The Kier molecular flexibility index (Phi) is 4.58. The third-order valence-corrected chi connectivity index (χ3v) is 4.87. The molecule has 0 spiro atoms. The van der Waals surface area contributed by atoms with E-state index < -0.39 is 0 Å². The molecule has 0 aromatic heterocycles. The van der Waals surface area contributed by atoms with Gasteiger partial charge >= 0.3 is 0 Å². The van der Waals surface area contributed by atoms with E-state index in [9.17, 15) is 0 Å². The highest BCUT2D eigenvalue weighted by Gasteiger charge is 2.24. The second kappa shape index (κ2) is 6.59. The van der Waals surface area contributed by atoms with E-state index in [1.54, 1.807) is 0 Å². The van der Waals surface area contributed by atoms with Crippen LogP contribution in [0.4, 0.5) is 0 Å². The molecule has 1 heterocycles. The molecule has 3 heteroatoms. The lowest BCUT2D eigenvalue weighted by Gasteiger charge is -2.29. The number of hydrazine groups is 1. The quantitative estimate of drug-likeness (QED) is 0.655. The number of benzene rings is 1. The van der Waals surface area contributed by atoms with Crippen LogP contribution < -0.4 is 16.0 Å². The van der Waals surface area contributed by atoms with Crippen molar-refractivity contribution in [1.82, 2.24) is 5.43 Å². The van der Waals surface area contributed by atoms with E-state index in [0.29, 0.717) is 12.0 Å². The molecule has 20 heavy (non-hydrogen) atoms. The van der Waals surface area contributed by atoms with E-state index in [1.165, 1.54) is 56.1 Å². The third-order valence-electron chi connectivity index (χ3n) is 4.87. The van der Waals surface area contributed by atoms with Crippen molar-refractivity contribution in [3.63, 3.8) is 0 Å². The number of fused-ring (bicyclic) bond motifs is 1. The Hall–Kier alpha value is -1.06. The summed E-state index contributed by atoms with van der Waals surface area (Å²) in [5.74, 6) is 7.61. The molecule has 1 fully saturated rings. The summed E-state index contributed by atoms with van der Waals surface area (Å²) in [5.41, 5.74) is 5.76. The van der Waals surface area contributed by atoms with Crippen molar-refractivity contribution in [3.05, 3.63) is 29.3 Å². The second-order valence-corrected chi connectivity index (χ2v) is 6.22. The molecule has 3 nitrogen and oxygen atoms in total. The summed E-state index contributed by atoms with van der Waals surface area (Å²) < 4.78 is 5.60. The summed E-state index contributed by atoms with van der Waals surface area (Å²) >= 11 is 0. The first-order valence-corrected chi connectivity index (χ1v) is 8.10. The maximum atomic E-state index is 5.89. The monoisotopic (exact) mass is 274 g/mol. The van der Waals surface area contributed by atoms with Gasteiger partial charge in [0, 0.05) is 12.5 Å². The molecule has 3 N–H and O–H groups in total. The number of ether oxygens (including phenoxy) is 1. The standard InChI is InChI=1S/C17H26N2O/c18-19-17(13-6-4-2-1-3-5-7-13)15-8-9-16-14(12-15)10-11-20-16/h8-9,12-13,17,19H,1-7,10-11,18H2. The summed E-state index contributed by atoms with van der Waals surface area (Å²) in [7, 11) is 0. The van der Waals surface area contributed by atoms with Gasteiger partial charge < -0.3 is 4.74 Å². The van der Waals surface area contributed by atoms with Crippen molar-refractivity contribution in [3.8, 4) is 5.75 Å². The van der Waals surface area contributed by atoms with Gasteiger partial charge in [-0.1, -0.05) is 44.2 Å². The van der Waals surface area contributed by atoms with Gasteiger partial charge in [-0.3, -0.25) is 11.3 Å². The SMILES string of the molecule is NNC(c1ccc2c(c1)CCO2)C1CCCCCCC1. The van der Waals surface area contributed by atoms with E-state index in [2.05, 4.69) is 23.6 Å². The first-order valence-electron chi connectivity index (χ1n) is 8.10. The van der Waals surface area contributed by atoms with Gasteiger partial charge in [0.05, 0.1) is 6.61 Å². The fourth-order valence-electron chi connectivity index (χ4n) is 3.73. The molecule has 3 rings (SSSR count). The van der Waals surface area contributed by atoms with E-state index in [1.807, 2.05) is 0 Å². The van der Waals surface area contributed by atoms with Crippen LogP contribution in [-0.4, -0.2) is 6.61 Å². The van der Waals surface area contributed by atoms with Crippen molar-refractivity contribution in [2.45, 2.75) is 57.4 Å². The van der Waals surface area contributed by atoms with E-state index in [-0.39, 0.29) is 0 Å². The van der Waals surface area contributed by atoms with E-state index in [0.717, 1.165) is 18.8 Å². The first-order chi connectivity index (χ1) is 9.88. The second-order valence-electron chi connectivity index (χ2n) is 6.22. The van der Waals surface area contributed by atoms with Crippen LogP contribution in [0.5, 0.6) is 5.75 Å². The fraction of sp³-hybridized carbons (Fsp3) is 0.647. The van der Waals surface area contributed by atoms with Gasteiger partial charge in [0.2, 0.25) is 0 Å². The highest BCUT2D eigenvalue weighted by atomic mass is 16.5. The van der Waals surface area contributed by atoms with Crippen LogP contribution in [0.1, 0.15) is 62.1 Å². The Morgan fingerprint density at radius 2 is 1.85 bits per heavy atom. The van der Waals surface area contributed by atoms with E-state index >= 15 is 0 Å². The van der Waals surface area contributed by atoms with Crippen molar-refractivity contribution < 1.29 is 4.74 Å². The Morgan fingerprint density at radius 1 is 1.10 bits per heavy atom. The first kappa shape index (κ1) is 13.9. The average Bonchev–Trinajstić information content (AvgIpc) is 2.89. The normalized spacial score (nSPS) is 21.6. The Balaban J connectivity index is 1.77. The van der Waals surface area contributed by atoms with Crippen LogP contribution in [-0.2, 0) is 6.42 Å². The topological polar surface area (TPSA) is 47.3 Å². The summed E-state index contributed by atoms with van der Waals surface area (Å²) in [5, 5.41) is 0. The average molecular weight is 274 g/mol. The lowest BCUT2D eigenvalue weighted by molar-refractivity contribution is 0.290. The van der Waals surface area contributed by atoms with Gasteiger partial charge in [0.15, 0.2) is 0 Å². The van der Waals surface area contributed by atoms with Gasteiger partial charge in [0.25, 0.3) is 0 Å². The van der Waals surface area contributed by atoms with Gasteiger partial charge in [-0.25, -0.2) is 0 Å². The molecule has 110 valence electrons. The largest absolute Gasteiger partial charge is 0.493 e. The van der Waals surface area contributed by atoms with E-state index in [4.69, 9.17) is 10.6 Å². The fourth-order valence-corrected chi connectivity index (χ4v) is 3.73. The zero-order chi connectivity index (χ0) is 13.8. The molecular formula is C17H26N2O. The molecule has 0 amide bonds. The van der Waals surface area contributed by atoms with Crippen LogP contribution >= 0.6 is 0 Å². The number of rotatable bonds is 3. The van der Waals surface area contributed by atoms with Crippen LogP contribution in [0.2, 0.25) is 0 Å². The molecule has 0 radical (unpaired) electrons. The predicted molar refractivity (Wildman–Crippen MR) is 81.5 cm³/mol. The summed E-state index contributed by atoms with van der Waals surface area (Å²) in [6.07, 6.45) is 10.5. The Labute approximate surface area is 121 Å². The van der Waals surface area contributed by atoms with Crippen LogP contribution in [0.25, 0.3) is 0 Å². The molecule has 1 aromatic carbocycles. The molecule has 1 aliphatic heterocycles. The molecule has 1 unspecified atom stereocenters. The summed E-state index contributed by atoms with van der Waals surface area (Å²) in [4.78, 5) is 0. The van der Waals surface area contributed by atoms with Gasteiger partial charge in [0.1, 0.15) is 5.75 Å². The zero-order valence-corrected chi connectivity index (χ0v) is 12.2. The predicted octanol–water partition coefficient (Wildman–Crippen LogP) is 3.49. The third kappa shape index (κ3) is 2.99. The van der Waals surface area contributed by atoms with Crippen molar-refractivity contribution in [1.29, 1.82) is 0 Å². The summed E-state index contributed by atoms with van der Waals surface area (Å²) in [6.45, 7) is 0.822. The number of nitrogens with one attached hydrogen (secondary N) is 1. The van der Waals surface area contributed by atoms with Gasteiger partial charge in [-0.05, 0) is 36.0 Å². The summed E-state index contributed by atoms with van der Waals surface area (Å²) in [6, 6.07) is 6.89. The van der Waals surface area contributed by atoms with Gasteiger partial charge in [-0.2, -0.15) is 0 Å².